The van der Waals surface area contributed by atoms with Crippen molar-refractivity contribution in [3.05, 3.63) is 64.4 Å². The van der Waals surface area contributed by atoms with Crippen LogP contribution in [0.4, 0.5) is 23.1 Å². The number of imidazole rings is 1. The number of fused-ring (bicyclic) bond motifs is 2. The lowest BCUT2D eigenvalue weighted by Gasteiger charge is -2.39. The van der Waals surface area contributed by atoms with Crippen molar-refractivity contribution in [2.45, 2.75) is 44.0 Å². The van der Waals surface area contributed by atoms with E-state index in [2.05, 4.69) is 42.2 Å². The van der Waals surface area contributed by atoms with Gasteiger partial charge in [-0.15, -0.1) is 5.10 Å². The van der Waals surface area contributed by atoms with E-state index in [0.717, 1.165) is 42.9 Å². The molecular formula is C31H31ClN10O2. The Kier molecular flexibility index (Phi) is 7.34. The highest BCUT2D eigenvalue weighted by Crippen LogP contribution is 2.39. The average Bonchev–Trinajstić information content (AvgIpc) is 3.69. The molecule has 0 amide bonds. The van der Waals surface area contributed by atoms with Crippen LogP contribution in [-0.2, 0) is 6.54 Å². The van der Waals surface area contributed by atoms with Gasteiger partial charge in [0.15, 0.2) is 17.2 Å². The maximum absolute atomic E-state index is 10.2. The number of halogens is 1. The molecular weight excluding hydrogens is 580 g/mol. The summed E-state index contributed by atoms with van der Waals surface area (Å²) < 4.78 is 6.83. The Morgan fingerprint density at radius 1 is 1.14 bits per heavy atom. The smallest absolute Gasteiger partial charge is 0.247 e. The van der Waals surface area contributed by atoms with Crippen molar-refractivity contribution in [3.8, 4) is 17.9 Å². The Morgan fingerprint density at radius 3 is 2.68 bits per heavy atom. The van der Waals surface area contributed by atoms with Gasteiger partial charge in [0.05, 0.1) is 47.4 Å². The zero-order valence-corrected chi connectivity index (χ0v) is 24.9. The number of ether oxygens (including phenoxy) is 1. The summed E-state index contributed by atoms with van der Waals surface area (Å²) in [6.45, 7) is 3.52. The fraction of sp³-hybridized carbons (Fsp3) is 0.387. The molecule has 7 rings (SSSR count). The normalized spacial score (nSPS) is 19.8. The largest absolute Gasteiger partial charge is 0.497 e. The van der Waals surface area contributed by atoms with Crippen molar-refractivity contribution in [2.75, 3.05) is 48.4 Å². The van der Waals surface area contributed by atoms with E-state index >= 15 is 0 Å². The molecule has 4 heterocycles. The SMILES string of the molecule is COc1ccc(CN(c2nc(Nc3cc(C#N)cc(N4CCN5C[C@H](O)C[C@H]5C4)c3Cl)nn3c(C#N)cnc23)C2CC2)cc1. The molecule has 2 aromatic carbocycles. The van der Waals surface area contributed by atoms with E-state index in [4.69, 9.17) is 21.3 Å². The van der Waals surface area contributed by atoms with Crippen LogP contribution in [-0.4, -0.2) is 81.1 Å². The van der Waals surface area contributed by atoms with E-state index in [1.165, 1.54) is 10.7 Å². The van der Waals surface area contributed by atoms with E-state index < -0.39 is 0 Å². The predicted octanol–water partition coefficient (Wildman–Crippen LogP) is 3.70. The fourth-order valence-corrected chi connectivity index (χ4v) is 6.51. The number of aromatic nitrogens is 4. The van der Waals surface area contributed by atoms with Gasteiger partial charge in [0.2, 0.25) is 5.95 Å². The molecule has 2 aromatic heterocycles. The van der Waals surface area contributed by atoms with Crippen molar-refractivity contribution in [1.82, 2.24) is 24.5 Å². The Hall–Kier alpha value is -4.62. The van der Waals surface area contributed by atoms with Gasteiger partial charge in [0, 0.05) is 44.8 Å². The van der Waals surface area contributed by atoms with Gasteiger partial charge in [0.1, 0.15) is 11.8 Å². The van der Waals surface area contributed by atoms with Gasteiger partial charge in [-0.2, -0.15) is 20.0 Å². The lowest BCUT2D eigenvalue weighted by molar-refractivity contribution is 0.173. The van der Waals surface area contributed by atoms with Gasteiger partial charge in [-0.3, -0.25) is 4.90 Å². The molecule has 0 bridgehead atoms. The Labute approximate surface area is 259 Å². The van der Waals surface area contributed by atoms with E-state index in [0.29, 0.717) is 53.8 Å². The van der Waals surface area contributed by atoms with Crippen LogP contribution in [0.2, 0.25) is 5.02 Å². The predicted molar refractivity (Wildman–Crippen MR) is 165 cm³/mol. The second kappa shape index (κ2) is 11.5. The molecule has 1 aliphatic carbocycles. The summed E-state index contributed by atoms with van der Waals surface area (Å²) in [6.07, 6.45) is 3.93. The van der Waals surface area contributed by atoms with E-state index in [1.807, 2.05) is 24.3 Å². The van der Waals surface area contributed by atoms with Crippen LogP contribution >= 0.6 is 11.6 Å². The van der Waals surface area contributed by atoms with E-state index in [9.17, 15) is 15.6 Å². The highest BCUT2D eigenvalue weighted by Gasteiger charge is 2.36. The molecule has 44 heavy (non-hydrogen) atoms. The maximum atomic E-state index is 10.2. The number of nitrogens with zero attached hydrogens (tertiary/aromatic N) is 9. The zero-order valence-electron chi connectivity index (χ0n) is 24.2. The van der Waals surface area contributed by atoms with Crippen LogP contribution in [0.15, 0.2) is 42.6 Å². The maximum Gasteiger partial charge on any atom is 0.247 e. The first-order chi connectivity index (χ1) is 21.4. The second-order valence-electron chi connectivity index (χ2n) is 11.5. The standard InChI is InChI=1S/C31H31ClN10O2/c1-44-25-6-2-19(3-7-25)16-41(21-4-5-21)30-29-35-15-23(14-34)42(29)38-31(37-30)36-26-10-20(13-33)11-27(28(26)32)40-9-8-39-18-24(43)12-22(39)17-40/h2-3,6-7,10-11,15,21-22,24,43H,4-5,8-9,12,16-18H2,1H3,(H,36,38)/t22-,24+/m0/s1. The molecule has 2 aliphatic heterocycles. The minimum Gasteiger partial charge on any atom is -0.497 e. The molecule has 2 atom stereocenters. The molecule has 0 radical (unpaired) electrons. The first-order valence-electron chi connectivity index (χ1n) is 14.7. The number of benzene rings is 2. The van der Waals surface area contributed by atoms with Crippen LogP contribution in [0.1, 0.15) is 36.1 Å². The number of nitriles is 2. The minimum absolute atomic E-state index is 0.231. The summed E-state index contributed by atoms with van der Waals surface area (Å²) in [4.78, 5) is 16.1. The summed E-state index contributed by atoms with van der Waals surface area (Å²) in [5.41, 5.74) is 3.53. The molecule has 0 unspecified atom stereocenters. The number of rotatable bonds is 8. The van der Waals surface area contributed by atoms with Crippen molar-refractivity contribution < 1.29 is 9.84 Å². The van der Waals surface area contributed by atoms with Gasteiger partial charge >= 0.3 is 0 Å². The summed E-state index contributed by atoms with van der Waals surface area (Å²) in [7, 11) is 1.64. The topological polar surface area (TPSA) is 142 Å². The first kappa shape index (κ1) is 28.2. The summed E-state index contributed by atoms with van der Waals surface area (Å²) in [5, 5.41) is 38.2. The molecule has 1 saturated carbocycles. The second-order valence-corrected chi connectivity index (χ2v) is 11.9. The quantitative estimate of drug-likeness (QED) is 0.301. The van der Waals surface area contributed by atoms with Gasteiger partial charge in [-0.1, -0.05) is 23.7 Å². The number of nitrogens with one attached hydrogen (secondary N) is 1. The summed E-state index contributed by atoms with van der Waals surface area (Å²) >= 11 is 7.02. The van der Waals surface area contributed by atoms with Crippen LogP contribution in [0.25, 0.3) is 5.65 Å². The Morgan fingerprint density at radius 2 is 1.95 bits per heavy atom. The zero-order chi connectivity index (χ0) is 30.4. The minimum atomic E-state index is -0.319. The average molecular weight is 611 g/mol. The van der Waals surface area contributed by atoms with Gasteiger partial charge < -0.3 is 25.0 Å². The number of methoxy groups -OCH3 is 1. The van der Waals surface area contributed by atoms with Gasteiger partial charge in [-0.25, -0.2) is 4.98 Å². The van der Waals surface area contributed by atoms with E-state index in [1.54, 1.807) is 19.2 Å². The molecule has 4 aromatic rings. The number of aliphatic hydroxyl groups excluding tert-OH is 1. The van der Waals surface area contributed by atoms with Crippen molar-refractivity contribution in [3.63, 3.8) is 0 Å². The number of hydrogen-bond donors (Lipinski definition) is 2. The first-order valence-corrected chi connectivity index (χ1v) is 15.0. The summed E-state index contributed by atoms with van der Waals surface area (Å²) in [5.74, 6) is 1.62. The fourth-order valence-electron chi connectivity index (χ4n) is 6.23. The van der Waals surface area contributed by atoms with Crippen LogP contribution in [0.3, 0.4) is 0 Å². The molecule has 3 fully saturated rings. The molecule has 12 nitrogen and oxygen atoms in total. The molecule has 224 valence electrons. The number of hydrogen-bond acceptors (Lipinski definition) is 11. The lowest BCUT2D eigenvalue weighted by atomic mass is 10.1. The van der Waals surface area contributed by atoms with Crippen LogP contribution in [0, 0.1) is 22.7 Å². The molecule has 13 heteroatoms. The van der Waals surface area contributed by atoms with Crippen molar-refractivity contribution in [1.29, 1.82) is 10.5 Å². The molecule has 2 N–H and O–H groups in total. The highest BCUT2D eigenvalue weighted by molar-refractivity contribution is 6.36. The summed E-state index contributed by atoms with van der Waals surface area (Å²) in [6, 6.07) is 16.3. The van der Waals surface area contributed by atoms with Gasteiger partial charge in [0.25, 0.3) is 0 Å². The molecule has 3 aliphatic rings. The van der Waals surface area contributed by atoms with E-state index in [-0.39, 0.29) is 29.8 Å². The third-order valence-electron chi connectivity index (χ3n) is 8.59. The molecule has 2 saturated heterocycles. The number of anilines is 4. The van der Waals surface area contributed by atoms with Crippen LogP contribution < -0.4 is 19.9 Å². The lowest BCUT2D eigenvalue weighted by Crippen LogP contribution is -2.50. The number of piperazine rings is 1. The van der Waals surface area contributed by atoms with Crippen molar-refractivity contribution in [2.24, 2.45) is 0 Å². The van der Waals surface area contributed by atoms with Crippen LogP contribution in [0.5, 0.6) is 5.75 Å². The number of aliphatic hydroxyl groups is 1. The Bertz CT molecular complexity index is 1790. The third-order valence-corrected chi connectivity index (χ3v) is 8.99. The van der Waals surface area contributed by atoms with Crippen molar-refractivity contribution >= 4 is 40.4 Å². The third kappa shape index (κ3) is 5.33. The van der Waals surface area contributed by atoms with Gasteiger partial charge in [-0.05, 0) is 49.1 Å². The Balaban J connectivity index is 1.25. The molecule has 0 spiro atoms. The monoisotopic (exact) mass is 610 g/mol. The highest BCUT2D eigenvalue weighted by atomic mass is 35.5.